The summed E-state index contributed by atoms with van der Waals surface area (Å²) in [4.78, 5) is 49.7. The van der Waals surface area contributed by atoms with Crippen LogP contribution in [0.1, 0.15) is 46.7 Å². The number of amides is 2. The van der Waals surface area contributed by atoms with Gasteiger partial charge in [0.25, 0.3) is 5.91 Å². The second kappa shape index (κ2) is 10.2. The topological polar surface area (TPSA) is 118 Å². The number of fused-ring (bicyclic) bond motifs is 1. The van der Waals surface area contributed by atoms with E-state index in [0.717, 1.165) is 25.9 Å². The van der Waals surface area contributed by atoms with Crippen LogP contribution in [0.4, 0.5) is 5.82 Å². The summed E-state index contributed by atoms with van der Waals surface area (Å²) >= 11 is 5.87. The van der Waals surface area contributed by atoms with Crippen molar-refractivity contribution in [2.24, 2.45) is 0 Å². The smallest absolute Gasteiger partial charge is 0.340 e. The van der Waals surface area contributed by atoms with Crippen molar-refractivity contribution in [1.29, 1.82) is 0 Å². The van der Waals surface area contributed by atoms with Crippen LogP contribution in [0, 0.1) is 0 Å². The number of esters is 1. The molecule has 2 fully saturated rings. The van der Waals surface area contributed by atoms with Crippen molar-refractivity contribution >= 4 is 46.2 Å². The van der Waals surface area contributed by atoms with Gasteiger partial charge >= 0.3 is 5.97 Å². The number of carbonyl (C=O) groups is 3. The zero-order valence-corrected chi connectivity index (χ0v) is 20.6. The minimum Gasteiger partial charge on any atom is -0.465 e. The predicted molar refractivity (Wildman–Crippen MR) is 134 cm³/mol. The van der Waals surface area contributed by atoms with Crippen LogP contribution in [0.5, 0.6) is 0 Å². The number of benzene rings is 1. The van der Waals surface area contributed by atoms with Gasteiger partial charge in [-0.2, -0.15) is 0 Å². The Balaban J connectivity index is 1.40. The number of ether oxygens (including phenoxy) is 1. The monoisotopic (exact) mass is 510 g/mol. The molecule has 3 heterocycles. The molecule has 0 radical (unpaired) electrons. The second-order valence-electron chi connectivity index (χ2n) is 9.11. The van der Waals surface area contributed by atoms with Gasteiger partial charge in [-0.1, -0.05) is 17.7 Å². The Morgan fingerprint density at radius 1 is 1.11 bits per heavy atom. The molecule has 1 aliphatic carbocycles. The molecule has 1 aromatic carbocycles. The van der Waals surface area contributed by atoms with Gasteiger partial charge in [-0.05, 0) is 49.9 Å². The first-order valence-corrected chi connectivity index (χ1v) is 12.3. The molecule has 36 heavy (non-hydrogen) atoms. The fourth-order valence-corrected chi connectivity index (χ4v) is 4.74. The average Bonchev–Trinajstić information content (AvgIpc) is 3.67. The molecular weight excluding hydrogens is 484 g/mol. The molecule has 11 heteroatoms. The van der Waals surface area contributed by atoms with Crippen LogP contribution < -0.4 is 10.6 Å². The molecule has 3 aromatic rings. The maximum absolute atomic E-state index is 13.4. The number of hydrogen-bond donors (Lipinski definition) is 2. The molecule has 1 saturated heterocycles. The lowest BCUT2D eigenvalue weighted by molar-refractivity contribution is -0.116. The Morgan fingerprint density at radius 3 is 2.56 bits per heavy atom. The molecule has 0 spiro atoms. The first kappa shape index (κ1) is 24.2. The zero-order chi connectivity index (χ0) is 25.2. The van der Waals surface area contributed by atoms with Crippen molar-refractivity contribution in [3.8, 4) is 0 Å². The summed E-state index contributed by atoms with van der Waals surface area (Å²) in [5.74, 6) is -0.967. The number of nitrogens with zero attached hydrogens (tertiary/aromatic N) is 4. The quantitative estimate of drug-likeness (QED) is 0.469. The van der Waals surface area contributed by atoms with E-state index in [0.29, 0.717) is 27.9 Å². The first-order valence-electron chi connectivity index (χ1n) is 12.0. The fraction of sp³-hybridized carbons (Fsp3) is 0.400. The molecule has 2 amide bonds. The van der Waals surface area contributed by atoms with Gasteiger partial charge in [0.2, 0.25) is 11.7 Å². The van der Waals surface area contributed by atoms with Gasteiger partial charge in [0, 0.05) is 31.4 Å². The van der Waals surface area contributed by atoms with E-state index in [1.807, 2.05) is 0 Å². The molecule has 0 atom stereocenters. The highest BCUT2D eigenvalue weighted by Gasteiger charge is 2.33. The largest absolute Gasteiger partial charge is 0.465 e. The Hall–Kier alpha value is -3.50. The average molecular weight is 511 g/mol. The molecule has 188 valence electrons. The van der Waals surface area contributed by atoms with E-state index in [1.165, 1.54) is 30.7 Å². The lowest BCUT2D eigenvalue weighted by Crippen LogP contribution is -2.45. The maximum Gasteiger partial charge on any atom is 0.340 e. The molecule has 2 N–H and O–H groups in total. The number of nitrogens with one attached hydrogen (secondary N) is 2. The van der Waals surface area contributed by atoms with Crippen molar-refractivity contribution in [2.45, 2.75) is 44.3 Å². The van der Waals surface area contributed by atoms with E-state index in [2.05, 4.69) is 25.5 Å². The highest BCUT2D eigenvalue weighted by Crippen LogP contribution is 2.29. The molecule has 1 aliphatic heterocycles. The van der Waals surface area contributed by atoms with Crippen molar-refractivity contribution < 1.29 is 19.1 Å². The number of piperidine rings is 1. The number of aromatic nitrogens is 3. The minimum atomic E-state index is -0.570. The van der Waals surface area contributed by atoms with Crippen molar-refractivity contribution in [3.63, 3.8) is 0 Å². The number of imidazole rings is 1. The lowest BCUT2D eigenvalue weighted by atomic mass is 10.0. The van der Waals surface area contributed by atoms with Crippen LogP contribution in [-0.2, 0) is 16.1 Å². The minimum absolute atomic E-state index is 0.0212. The van der Waals surface area contributed by atoms with E-state index >= 15 is 0 Å². The van der Waals surface area contributed by atoms with E-state index in [4.69, 9.17) is 16.3 Å². The number of hydrogen-bond acceptors (Lipinski definition) is 7. The molecular formula is C25H27ClN6O4. The lowest BCUT2D eigenvalue weighted by Gasteiger charge is -2.32. The van der Waals surface area contributed by atoms with Gasteiger partial charge in [0.15, 0.2) is 0 Å². The summed E-state index contributed by atoms with van der Waals surface area (Å²) in [6.07, 6.45) is 5.67. The maximum atomic E-state index is 13.4. The summed E-state index contributed by atoms with van der Waals surface area (Å²) < 4.78 is 6.40. The SMILES string of the molecule is COC(=O)c1cccc2c1nc(C(=O)NC1CCN(C3CC3)CC1)n2CC(=O)Nc1ccc(Cl)cn1. The van der Waals surface area contributed by atoms with Gasteiger partial charge in [0.1, 0.15) is 17.9 Å². The van der Waals surface area contributed by atoms with Gasteiger partial charge in [-0.3, -0.25) is 9.59 Å². The number of rotatable bonds is 7. The summed E-state index contributed by atoms with van der Waals surface area (Å²) in [5, 5.41) is 6.24. The highest BCUT2D eigenvalue weighted by molar-refractivity contribution is 6.30. The van der Waals surface area contributed by atoms with Crippen LogP contribution in [0.25, 0.3) is 11.0 Å². The van der Waals surface area contributed by atoms with Crippen LogP contribution in [0.15, 0.2) is 36.5 Å². The van der Waals surface area contributed by atoms with Crippen molar-refractivity contribution in [1.82, 2.24) is 24.8 Å². The highest BCUT2D eigenvalue weighted by atomic mass is 35.5. The number of likely N-dealkylation sites (tertiary alicyclic amines) is 1. The number of anilines is 1. The van der Waals surface area contributed by atoms with E-state index in [9.17, 15) is 14.4 Å². The van der Waals surface area contributed by atoms with Crippen LogP contribution in [0.2, 0.25) is 5.02 Å². The van der Waals surface area contributed by atoms with E-state index in [1.54, 1.807) is 30.3 Å². The van der Waals surface area contributed by atoms with Crippen LogP contribution in [0.3, 0.4) is 0 Å². The summed E-state index contributed by atoms with van der Waals surface area (Å²) in [6.45, 7) is 1.71. The molecule has 1 saturated carbocycles. The Labute approximate surface area is 213 Å². The molecule has 0 bridgehead atoms. The van der Waals surface area contributed by atoms with Crippen LogP contribution >= 0.6 is 11.6 Å². The first-order chi connectivity index (χ1) is 17.4. The van der Waals surface area contributed by atoms with Crippen LogP contribution in [-0.4, -0.2) is 69.5 Å². The van der Waals surface area contributed by atoms with Gasteiger partial charge in [-0.15, -0.1) is 0 Å². The van der Waals surface area contributed by atoms with E-state index in [-0.39, 0.29) is 29.9 Å². The second-order valence-corrected chi connectivity index (χ2v) is 9.55. The number of carbonyl (C=O) groups excluding carboxylic acids is 3. The van der Waals surface area contributed by atoms with Gasteiger partial charge in [-0.25, -0.2) is 14.8 Å². The summed E-state index contributed by atoms with van der Waals surface area (Å²) in [7, 11) is 1.28. The van der Waals surface area contributed by atoms with E-state index < -0.39 is 11.9 Å². The molecule has 0 unspecified atom stereocenters. The Kier molecular flexibility index (Phi) is 6.88. The molecule has 5 rings (SSSR count). The molecule has 10 nitrogen and oxygen atoms in total. The zero-order valence-electron chi connectivity index (χ0n) is 19.9. The number of pyridine rings is 1. The predicted octanol–water partition coefficient (Wildman–Crippen LogP) is 2.87. The molecule has 2 aliphatic rings. The third-order valence-corrected chi connectivity index (χ3v) is 6.84. The third-order valence-electron chi connectivity index (χ3n) is 6.61. The standard InChI is InChI=1S/C25H27ClN6O4/c1-36-25(35)18-3-2-4-19-22(18)30-23(24(34)28-16-9-11-31(12-10-16)17-6-7-17)32(19)14-21(33)29-20-8-5-15(26)13-27-20/h2-5,8,13,16-17H,6-7,9-12,14H2,1H3,(H,28,34)(H,27,29,33). The normalized spacial score (nSPS) is 16.6. The number of para-hydroxylation sites is 1. The summed E-state index contributed by atoms with van der Waals surface area (Å²) in [5.41, 5.74) is 1.00. The van der Waals surface area contributed by atoms with Gasteiger partial charge < -0.3 is 24.8 Å². The Morgan fingerprint density at radius 2 is 1.89 bits per heavy atom. The fourth-order valence-electron chi connectivity index (χ4n) is 4.63. The molecule has 2 aromatic heterocycles. The Bertz CT molecular complexity index is 1300. The van der Waals surface area contributed by atoms with Gasteiger partial charge in [0.05, 0.1) is 23.2 Å². The number of halogens is 1. The summed E-state index contributed by atoms with van der Waals surface area (Å²) in [6, 6.07) is 8.90. The van der Waals surface area contributed by atoms with Crippen molar-refractivity contribution in [3.05, 3.63) is 52.9 Å². The number of methoxy groups -OCH3 is 1. The van der Waals surface area contributed by atoms with Crippen molar-refractivity contribution in [2.75, 3.05) is 25.5 Å². The third kappa shape index (κ3) is 5.19.